The Bertz CT molecular complexity index is 452. The molecule has 0 aromatic carbocycles. The highest BCUT2D eigenvalue weighted by molar-refractivity contribution is 7.87. The molecule has 8 heteroatoms. The van der Waals surface area contributed by atoms with Gasteiger partial charge in [-0.3, -0.25) is 0 Å². The number of carbonyl (C=O) groups is 1. The zero-order chi connectivity index (χ0) is 15.5. The zero-order valence-corrected chi connectivity index (χ0v) is 13.5. The summed E-state index contributed by atoms with van der Waals surface area (Å²) >= 11 is 0. The maximum absolute atomic E-state index is 12.2. The van der Waals surface area contributed by atoms with Gasteiger partial charge in [-0.25, -0.2) is 9.52 Å². The molecule has 2 atom stereocenters. The Hall–Kier alpha value is -0.860. The Kier molecular flexibility index (Phi) is 5.45. The van der Waals surface area contributed by atoms with E-state index in [-0.39, 0.29) is 31.3 Å². The van der Waals surface area contributed by atoms with E-state index in [2.05, 4.69) is 10.0 Å². The summed E-state index contributed by atoms with van der Waals surface area (Å²) in [4.78, 5) is 11.9. The second-order valence-corrected chi connectivity index (χ2v) is 7.66. The molecule has 2 rings (SSSR count). The van der Waals surface area contributed by atoms with Crippen molar-refractivity contribution in [1.82, 2.24) is 14.3 Å². The fraction of sp³-hybridized carbons (Fsp3) is 0.923. The molecule has 2 fully saturated rings. The van der Waals surface area contributed by atoms with Gasteiger partial charge in [-0.15, -0.1) is 0 Å². The maximum atomic E-state index is 12.2. The molecule has 0 bridgehead atoms. The van der Waals surface area contributed by atoms with Crippen LogP contribution in [0.3, 0.4) is 0 Å². The molecule has 1 saturated heterocycles. The van der Waals surface area contributed by atoms with E-state index in [9.17, 15) is 13.2 Å². The van der Waals surface area contributed by atoms with E-state index in [1.165, 1.54) is 10.7 Å². The standard InChI is InChI=1S/C13H25N3O4S/c1-10-8-16(9-11(2)20-10)21(18,19)15-13(17)14-12-6-4-3-5-7-12/h10-12H,3-9H2,1-2H3,(H2,14,15,17). The highest BCUT2D eigenvalue weighted by atomic mass is 32.2. The van der Waals surface area contributed by atoms with Gasteiger partial charge < -0.3 is 10.1 Å². The smallest absolute Gasteiger partial charge is 0.329 e. The number of rotatable bonds is 3. The predicted octanol–water partition coefficient (Wildman–Crippen LogP) is 0.972. The minimum Gasteiger partial charge on any atom is -0.373 e. The lowest BCUT2D eigenvalue weighted by Gasteiger charge is -2.34. The fourth-order valence-electron chi connectivity index (χ4n) is 2.97. The van der Waals surface area contributed by atoms with Gasteiger partial charge in [0.1, 0.15) is 0 Å². The average molecular weight is 319 g/mol. The first-order valence-corrected chi connectivity index (χ1v) is 9.04. The first-order chi connectivity index (χ1) is 9.87. The average Bonchev–Trinajstić information content (AvgIpc) is 2.37. The summed E-state index contributed by atoms with van der Waals surface area (Å²) in [5.74, 6) is 0. The molecule has 2 unspecified atom stereocenters. The van der Waals surface area contributed by atoms with Crippen molar-refractivity contribution in [3.05, 3.63) is 0 Å². The van der Waals surface area contributed by atoms with Crippen molar-refractivity contribution in [2.45, 2.75) is 64.2 Å². The Balaban J connectivity index is 1.88. The topological polar surface area (TPSA) is 87.7 Å². The highest BCUT2D eigenvalue weighted by Crippen LogP contribution is 2.17. The van der Waals surface area contributed by atoms with Crippen molar-refractivity contribution >= 4 is 16.2 Å². The molecular weight excluding hydrogens is 294 g/mol. The largest absolute Gasteiger partial charge is 0.373 e. The lowest BCUT2D eigenvalue weighted by Crippen LogP contribution is -2.55. The van der Waals surface area contributed by atoms with Crippen LogP contribution in [0.15, 0.2) is 0 Å². The summed E-state index contributed by atoms with van der Waals surface area (Å²) in [6.45, 7) is 4.16. The van der Waals surface area contributed by atoms with Crippen LogP contribution in [0.1, 0.15) is 46.0 Å². The Morgan fingerprint density at radius 1 is 1.10 bits per heavy atom. The van der Waals surface area contributed by atoms with E-state index in [1.807, 2.05) is 13.8 Å². The molecule has 1 saturated carbocycles. The number of urea groups is 1. The first kappa shape index (κ1) is 16.5. The van der Waals surface area contributed by atoms with E-state index in [4.69, 9.17) is 4.74 Å². The molecule has 0 radical (unpaired) electrons. The molecular formula is C13H25N3O4S. The Morgan fingerprint density at radius 2 is 1.67 bits per heavy atom. The van der Waals surface area contributed by atoms with Crippen LogP contribution < -0.4 is 10.0 Å². The van der Waals surface area contributed by atoms with Crippen LogP contribution >= 0.6 is 0 Å². The second kappa shape index (κ2) is 6.93. The number of amides is 2. The summed E-state index contributed by atoms with van der Waals surface area (Å²) < 4.78 is 33.3. The van der Waals surface area contributed by atoms with Gasteiger partial charge in [0.15, 0.2) is 0 Å². The van der Waals surface area contributed by atoms with Gasteiger partial charge in [-0.2, -0.15) is 12.7 Å². The van der Waals surface area contributed by atoms with Crippen LogP contribution in [-0.4, -0.2) is 50.1 Å². The zero-order valence-electron chi connectivity index (χ0n) is 12.7. The van der Waals surface area contributed by atoms with Crippen LogP contribution in [0.25, 0.3) is 0 Å². The van der Waals surface area contributed by atoms with E-state index in [0.717, 1.165) is 25.7 Å². The number of nitrogens with one attached hydrogen (secondary N) is 2. The molecule has 1 heterocycles. The number of hydrogen-bond acceptors (Lipinski definition) is 4. The fourth-order valence-corrected chi connectivity index (χ4v) is 4.21. The second-order valence-electron chi connectivity index (χ2n) is 5.99. The van der Waals surface area contributed by atoms with Crippen LogP contribution in [0.2, 0.25) is 0 Å². The van der Waals surface area contributed by atoms with Crippen molar-refractivity contribution in [2.24, 2.45) is 0 Å². The van der Waals surface area contributed by atoms with Crippen LogP contribution in [0.4, 0.5) is 4.79 Å². The molecule has 7 nitrogen and oxygen atoms in total. The monoisotopic (exact) mass is 319 g/mol. The van der Waals surface area contributed by atoms with Crippen LogP contribution in [0, 0.1) is 0 Å². The first-order valence-electron chi connectivity index (χ1n) is 7.60. The predicted molar refractivity (Wildman–Crippen MR) is 79.0 cm³/mol. The summed E-state index contributed by atoms with van der Waals surface area (Å²) in [5.41, 5.74) is 0. The minimum atomic E-state index is -3.81. The highest BCUT2D eigenvalue weighted by Gasteiger charge is 2.32. The van der Waals surface area contributed by atoms with Gasteiger partial charge in [0.05, 0.1) is 12.2 Å². The van der Waals surface area contributed by atoms with Crippen molar-refractivity contribution in [3.8, 4) is 0 Å². The van der Waals surface area contributed by atoms with Crippen LogP contribution in [0.5, 0.6) is 0 Å². The van der Waals surface area contributed by atoms with Gasteiger partial charge in [0.25, 0.3) is 0 Å². The van der Waals surface area contributed by atoms with Gasteiger partial charge in [-0.1, -0.05) is 19.3 Å². The third kappa shape index (κ3) is 4.82. The molecule has 2 amide bonds. The third-order valence-electron chi connectivity index (χ3n) is 3.89. The van der Waals surface area contributed by atoms with Crippen molar-refractivity contribution < 1.29 is 17.9 Å². The molecule has 2 aliphatic rings. The summed E-state index contributed by atoms with van der Waals surface area (Å²) in [6, 6.07) is -0.551. The van der Waals surface area contributed by atoms with Gasteiger partial charge in [0, 0.05) is 19.1 Å². The molecule has 122 valence electrons. The Morgan fingerprint density at radius 3 is 2.24 bits per heavy atom. The van der Waals surface area contributed by atoms with Crippen LogP contribution in [-0.2, 0) is 14.9 Å². The third-order valence-corrected chi connectivity index (χ3v) is 5.31. The van der Waals surface area contributed by atoms with Crippen molar-refractivity contribution in [2.75, 3.05) is 13.1 Å². The van der Waals surface area contributed by atoms with Crippen molar-refractivity contribution in [1.29, 1.82) is 0 Å². The van der Waals surface area contributed by atoms with Gasteiger partial charge >= 0.3 is 16.2 Å². The molecule has 1 aliphatic carbocycles. The van der Waals surface area contributed by atoms with E-state index in [0.29, 0.717) is 0 Å². The number of hydrogen-bond donors (Lipinski definition) is 2. The quantitative estimate of drug-likeness (QED) is 0.811. The molecule has 21 heavy (non-hydrogen) atoms. The SMILES string of the molecule is CC1CN(S(=O)(=O)NC(=O)NC2CCCCC2)CC(C)O1. The number of ether oxygens (including phenoxy) is 1. The normalized spacial score (nSPS) is 29.0. The van der Waals surface area contributed by atoms with Gasteiger partial charge in [0.2, 0.25) is 0 Å². The molecule has 0 aromatic rings. The summed E-state index contributed by atoms with van der Waals surface area (Å²) in [6.07, 6.45) is 4.82. The number of carbonyl (C=O) groups excluding carboxylic acids is 1. The number of nitrogens with zero attached hydrogens (tertiary/aromatic N) is 1. The summed E-state index contributed by atoms with van der Waals surface area (Å²) in [5, 5.41) is 2.75. The summed E-state index contributed by atoms with van der Waals surface area (Å²) in [7, 11) is -3.81. The van der Waals surface area contributed by atoms with E-state index >= 15 is 0 Å². The number of morpholine rings is 1. The lowest BCUT2D eigenvalue weighted by atomic mass is 9.96. The molecule has 1 aliphatic heterocycles. The van der Waals surface area contributed by atoms with E-state index in [1.54, 1.807) is 0 Å². The van der Waals surface area contributed by atoms with E-state index < -0.39 is 16.2 Å². The lowest BCUT2D eigenvalue weighted by molar-refractivity contribution is -0.0443. The Labute approximate surface area is 126 Å². The molecule has 0 spiro atoms. The minimum absolute atomic E-state index is 0.0801. The maximum Gasteiger partial charge on any atom is 0.329 e. The van der Waals surface area contributed by atoms with Crippen molar-refractivity contribution in [3.63, 3.8) is 0 Å². The molecule has 0 aromatic heterocycles. The van der Waals surface area contributed by atoms with Gasteiger partial charge in [-0.05, 0) is 26.7 Å². The molecule has 2 N–H and O–H groups in total.